The molecule has 0 atom stereocenters. The molecule has 2 aliphatic carbocycles. The molecule has 0 heterocycles. The lowest BCUT2D eigenvalue weighted by atomic mass is 9.67. The van der Waals surface area contributed by atoms with E-state index < -0.39 is 10.8 Å². The number of para-hydroxylation sites is 1. The fourth-order valence-electron chi connectivity index (χ4n) is 12.1. The summed E-state index contributed by atoms with van der Waals surface area (Å²) in [6.45, 7) is 0. The van der Waals surface area contributed by atoms with E-state index in [0.717, 1.165) is 22.6 Å². The average Bonchev–Trinajstić information content (AvgIpc) is 3.90. The van der Waals surface area contributed by atoms with Crippen LogP contribution in [0.5, 0.6) is 0 Å². The lowest BCUT2D eigenvalue weighted by Crippen LogP contribution is -2.29. The van der Waals surface area contributed by atoms with Crippen LogP contribution in [-0.4, -0.2) is 0 Å². The van der Waals surface area contributed by atoms with Crippen molar-refractivity contribution in [1.29, 1.82) is 0 Å². The first-order valence-corrected chi connectivity index (χ1v) is 24.0. The third-order valence-corrected chi connectivity index (χ3v) is 14.8. The van der Waals surface area contributed by atoms with E-state index >= 15 is 0 Å². The van der Waals surface area contributed by atoms with Crippen molar-refractivity contribution in [1.82, 2.24) is 0 Å². The highest BCUT2D eigenvalue weighted by molar-refractivity contribution is 5.97. The van der Waals surface area contributed by atoms with Crippen molar-refractivity contribution in [3.8, 4) is 44.5 Å². The van der Waals surface area contributed by atoms with Gasteiger partial charge in [-0.2, -0.15) is 0 Å². The molecule has 0 N–H and O–H groups in total. The highest BCUT2D eigenvalue weighted by Crippen LogP contribution is 2.60. The summed E-state index contributed by atoms with van der Waals surface area (Å²) < 4.78 is 0. The summed E-state index contributed by atoms with van der Waals surface area (Å²) in [4.78, 5) is 2.52. The van der Waals surface area contributed by atoms with Gasteiger partial charge in [-0.05, 0) is 114 Å². The summed E-state index contributed by atoms with van der Waals surface area (Å²) in [6, 6.07) is 106. The van der Waals surface area contributed by atoms with Gasteiger partial charge in [0.15, 0.2) is 0 Å². The van der Waals surface area contributed by atoms with Crippen LogP contribution in [0.15, 0.2) is 285 Å². The van der Waals surface area contributed by atoms with Crippen LogP contribution in [0.25, 0.3) is 44.5 Å². The number of rotatable bonds is 9. The third-order valence-electron chi connectivity index (χ3n) is 14.8. The Kier molecular flexibility index (Phi) is 9.70. The van der Waals surface area contributed by atoms with Crippen molar-refractivity contribution in [2.45, 2.75) is 10.8 Å². The van der Waals surface area contributed by atoms with Gasteiger partial charge in [0.2, 0.25) is 0 Å². The van der Waals surface area contributed by atoms with E-state index in [4.69, 9.17) is 0 Å². The van der Waals surface area contributed by atoms with Crippen LogP contribution in [0.2, 0.25) is 0 Å². The van der Waals surface area contributed by atoms with Gasteiger partial charge in [0.05, 0.1) is 16.5 Å². The Morgan fingerprint density at radius 3 is 1.13 bits per heavy atom. The van der Waals surface area contributed by atoms with Crippen molar-refractivity contribution >= 4 is 17.1 Å². The van der Waals surface area contributed by atoms with E-state index in [1.54, 1.807) is 0 Å². The smallest absolute Gasteiger partial charge is 0.0714 e. The van der Waals surface area contributed by atoms with Crippen LogP contribution in [0.1, 0.15) is 44.5 Å². The molecule has 324 valence electrons. The van der Waals surface area contributed by atoms with E-state index in [-0.39, 0.29) is 0 Å². The minimum absolute atomic E-state index is 0.505. The van der Waals surface area contributed by atoms with Crippen molar-refractivity contribution < 1.29 is 0 Å². The van der Waals surface area contributed by atoms with Gasteiger partial charge >= 0.3 is 0 Å². The second-order valence-electron chi connectivity index (χ2n) is 18.3. The molecule has 11 aromatic rings. The number of fused-ring (bicyclic) bond motifs is 6. The minimum Gasteiger partial charge on any atom is -0.310 e. The highest BCUT2D eigenvalue weighted by Gasteiger charge is 2.48. The molecule has 0 aliphatic heterocycles. The number of nitrogens with zero attached hydrogens (tertiary/aromatic N) is 1. The third kappa shape index (κ3) is 6.17. The zero-order chi connectivity index (χ0) is 45.8. The molecule has 0 fully saturated rings. The van der Waals surface area contributed by atoms with Crippen molar-refractivity contribution in [2.24, 2.45) is 0 Å². The van der Waals surface area contributed by atoms with E-state index in [9.17, 15) is 0 Å². The number of hydrogen-bond acceptors (Lipinski definition) is 1. The van der Waals surface area contributed by atoms with Crippen LogP contribution in [0.4, 0.5) is 17.1 Å². The first-order chi connectivity index (χ1) is 34.3. The fraction of sp³-hybridized carbons (Fsp3) is 0.0294. The Labute approximate surface area is 404 Å². The number of anilines is 3. The molecule has 0 unspecified atom stereocenters. The summed E-state index contributed by atoms with van der Waals surface area (Å²) in [6.07, 6.45) is 0. The monoisotopic (exact) mass is 877 g/mol. The van der Waals surface area contributed by atoms with Crippen molar-refractivity contribution in [3.63, 3.8) is 0 Å². The van der Waals surface area contributed by atoms with Crippen LogP contribution < -0.4 is 4.90 Å². The number of hydrogen-bond donors (Lipinski definition) is 0. The molecular weight excluding hydrogens is 831 g/mol. The zero-order valence-corrected chi connectivity index (χ0v) is 38.1. The largest absolute Gasteiger partial charge is 0.310 e. The first kappa shape index (κ1) is 40.5. The number of benzene rings is 11. The van der Waals surface area contributed by atoms with Crippen LogP contribution >= 0.6 is 0 Å². The lowest BCUT2D eigenvalue weighted by molar-refractivity contribution is 0.768. The Morgan fingerprint density at radius 1 is 0.217 bits per heavy atom. The topological polar surface area (TPSA) is 3.24 Å². The summed E-state index contributed by atoms with van der Waals surface area (Å²) >= 11 is 0. The molecular formula is C68H47N. The second-order valence-corrected chi connectivity index (χ2v) is 18.3. The van der Waals surface area contributed by atoms with E-state index in [2.05, 4.69) is 290 Å². The molecule has 0 saturated carbocycles. The van der Waals surface area contributed by atoms with Gasteiger partial charge in [0.25, 0.3) is 0 Å². The first-order valence-electron chi connectivity index (χ1n) is 24.0. The molecule has 0 aromatic heterocycles. The van der Waals surface area contributed by atoms with Crippen molar-refractivity contribution in [3.05, 3.63) is 330 Å². The molecule has 0 radical (unpaired) electrons. The minimum atomic E-state index is -0.558. The van der Waals surface area contributed by atoms with Crippen molar-refractivity contribution in [2.75, 3.05) is 4.90 Å². The summed E-state index contributed by atoms with van der Waals surface area (Å²) in [5.74, 6) is 0. The van der Waals surface area contributed by atoms with E-state index in [0.29, 0.717) is 0 Å². The van der Waals surface area contributed by atoms with Gasteiger partial charge < -0.3 is 4.90 Å². The van der Waals surface area contributed by atoms with E-state index in [1.807, 2.05) is 0 Å². The predicted octanol–water partition coefficient (Wildman–Crippen LogP) is 17.2. The zero-order valence-electron chi connectivity index (χ0n) is 38.1. The maximum Gasteiger partial charge on any atom is 0.0714 e. The molecule has 0 amide bonds. The molecule has 1 heteroatoms. The van der Waals surface area contributed by atoms with Gasteiger partial charge in [-0.15, -0.1) is 0 Å². The molecule has 2 aliphatic rings. The Bertz CT molecular complexity index is 3570. The van der Waals surface area contributed by atoms with Crippen LogP contribution in [0, 0.1) is 0 Å². The van der Waals surface area contributed by atoms with Crippen LogP contribution in [0.3, 0.4) is 0 Å². The molecule has 0 spiro atoms. The fourth-order valence-corrected chi connectivity index (χ4v) is 12.1. The summed E-state index contributed by atoms with van der Waals surface area (Å²) in [7, 11) is 0. The van der Waals surface area contributed by atoms with E-state index in [1.165, 1.54) is 83.5 Å². The normalized spacial score (nSPS) is 13.4. The standard InChI is InChI=1S/C68H47N/c1-6-24-48(25-7-1)55-34-16-17-35-56(55)60-38-20-23-41-66(60)69(53-43-45-64-61(46-53)58-37-19-22-40-63(58)67(64,49-26-8-2-9-27-49)50-28-10-3-11-29-50)54-42-44-59-57-36-18-21-39-62(57)68(65(59)47-54,51-30-12-4-13-31-51)52-32-14-5-15-33-52/h1-47H. The van der Waals surface area contributed by atoms with Gasteiger partial charge in [0, 0.05) is 16.9 Å². The Morgan fingerprint density at radius 2 is 0.580 bits per heavy atom. The Balaban J connectivity index is 1.10. The van der Waals surface area contributed by atoms with Gasteiger partial charge in [0.1, 0.15) is 0 Å². The maximum atomic E-state index is 2.52. The average molecular weight is 878 g/mol. The molecule has 0 saturated heterocycles. The molecule has 11 aromatic carbocycles. The lowest BCUT2D eigenvalue weighted by Gasteiger charge is -2.35. The predicted molar refractivity (Wildman–Crippen MR) is 287 cm³/mol. The molecule has 13 rings (SSSR count). The Hall–Kier alpha value is -8.78. The summed E-state index contributed by atoms with van der Waals surface area (Å²) in [5, 5.41) is 0. The summed E-state index contributed by atoms with van der Waals surface area (Å²) in [5.41, 5.74) is 22.1. The van der Waals surface area contributed by atoms with Crippen LogP contribution in [-0.2, 0) is 10.8 Å². The highest BCUT2D eigenvalue weighted by atomic mass is 15.1. The quantitative estimate of drug-likeness (QED) is 0.140. The molecule has 69 heavy (non-hydrogen) atoms. The van der Waals surface area contributed by atoms with Gasteiger partial charge in [-0.25, -0.2) is 0 Å². The SMILES string of the molecule is c1ccc(-c2ccccc2-c2ccccc2N(c2ccc3c(c2)-c2ccccc2C3(c2ccccc2)c2ccccc2)c2ccc3c(c2)C(c2ccccc2)(c2ccccc2)c2ccccc2-3)cc1. The second kappa shape index (κ2) is 16.5. The molecule has 1 nitrogen and oxygen atoms in total. The van der Waals surface area contributed by atoms with Gasteiger partial charge in [-0.1, -0.05) is 255 Å². The van der Waals surface area contributed by atoms with Gasteiger partial charge in [-0.3, -0.25) is 0 Å². The maximum absolute atomic E-state index is 2.52. The molecule has 0 bridgehead atoms.